The van der Waals surface area contributed by atoms with E-state index in [0.717, 1.165) is 25.7 Å². The van der Waals surface area contributed by atoms with Crippen molar-refractivity contribution in [3.8, 4) is 0 Å². The Morgan fingerprint density at radius 3 is 1.41 bits per heavy atom. The van der Waals surface area contributed by atoms with Crippen LogP contribution in [-0.2, 0) is 19.3 Å². The molecule has 0 aliphatic carbocycles. The normalized spacial score (nSPS) is 12.2. The van der Waals surface area contributed by atoms with Crippen molar-refractivity contribution in [2.75, 3.05) is 0 Å². The fourth-order valence-corrected chi connectivity index (χ4v) is 3.96. The van der Waals surface area contributed by atoms with Gasteiger partial charge in [0, 0.05) is 5.54 Å². The lowest BCUT2D eigenvalue weighted by Crippen LogP contribution is -2.51. The Labute approximate surface area is 170 Å². The van der Waals surface area contributed by atoms with E-state index in [2.05, 4.69) is 97.9 Å². The summed E-state index contributed by atoms with van der Waals surface area (Å²) in [5.74, 6) is 0.422. The zero-order valence-electron chi connectivity index (χ0n) is 16.1. The van der Waals surface area contributed by atoms with Crippen molar-refractivity contribution in [3.05, 3.63) is 108 Å². The number of benzene rings is 3. The van der Waals surface area contributed by atoms with Gasteiger partial charge in [-0.25, -0.2) is 0 Å². The van der Waals surface area contributed by atoms with Gasteiger partial charge in [0.05, 0.1) is 0 Å². The minimum atomic E-state index is -0.271. The highest BCUT2D eigenvalue weighted by molar-refractivity contribution is 5.85. The molecule has 2 N–H and O–H groups in total. The second-order valence-corrected chi connectivity index (χ2v) is 7.35. The van der Waals surface area contributed by atoms with Gasteiger partial charge in [-0.15, -0.1) is 12.4 Å². The average molecular weight is 380 g/mol. The van der Waals surface area contributed by atoms with Crippen LogP contribution in [0.5, 0.6) is 0 Å². The van der Waals surface area contributed by atoms with Crippen LogP contribution in [0.3, 0.4) is 0 Å². The average Bonchev–Trinajstić information content (AvgIpc) is 2.68. The molecule has 2 heteroatoms. The highest BCUT2D eigenvalue weighted by atomic mass is 35.5. The molecule has 3 aromatic rings. The van der Waals surface area contributed by atoms with Gasteiger partial charge in [0.15, 0.2) is 0 Å². The van der Waals surface area contributed by atoms with Crippen LogP contribution < -0.4 is 5.73 Å². The highest BCUT2D eigenvalue weighted by Crippen LogP contribution is 2.30. The Morgan fingerprint density at radius 1 is 0.667 bits per heavy atom. The largest absolute Gasteiger partial charge is 0.324 e. The maximum atomic E-state index is 7.16. The third kappa shape index (κ3) is 5.95. The highest BCUT2D eigenvalue weighted by Gasteiger charge is 2.34. The van der Waals surface area contributed by atoms with Gasteiger partial charge < -0.3 is 5.73 Å². The zero-order chi connectivity index (χ0) is 18.2. The molecule has 142 valence electrons. The predicted molar refractivity (Wildman–Crippen MR) is 118 cm³/mol. The molecule has 1 nitrogen and oxygen atoms in total. The fourth-order valence-electron chi connectivity index (χ4n) is 3.96. The fraction of sp³-hybridized carbons (Fsp3) is 0.280. The second kappa shape index (κ2) is 10.3. The monoisotopic (exact) mass is 379 g/mol. The van der Waals surface area contributed by atoms with Crippen molar-refractivity contribution in [1.29, 1.82) is 0 Å². The quantitative estimate of drug-likeness (QED) is 0.521. The molecule has 0 heterocycles. The Kier molecular flexibility index (Phi) is 8.09. The van der Waals surface area contributed by atoms with Gasteiger partial charge in [-0.2, -0.15) is 0 Å². The summed E-state index contributed by atoms with van der Waals surface area (Å²) in [7, 11) is 0. The molecule has 3 rings (SSSR count). The van der Waals surface area contributed by atoms with Crippen LogP contribution in [-0.4, -0.2) is 5.54 Å². The standard InChI is InChI=1S/C25H29N.ClH/c1-2-24(18-21-12-6-3-7-13-21)25(26,19-22-14-8-4-9-15-22)20-23-16-10-5-11-17-23;/h3-17,24H,2,18-20,26H2,1H3;1H. The van der Waals surface area contributed by atoms with Crippen molar-refractivity contribution in [1.82, 2.24) is 0 Å². The molecule has 0 bridgehead atoms. The molecule has 0 spiro atoms. The number of nitrogens with two attached hydrogens (primary N) is 1. The number of hydrogen-bond donors (Lipinski definition) is 1. The molecular weight excluding hydrogens is 350 g/mol. The van der Waals surface area contributed by atoms with E-state index in [1.54, 1.807) is 0 Å². The van der Waals surface area contributed by atoms with Gasteiger partial charge in [0.1, 0.15) is 0 Å². The lowest BCUT2D eigenvalue weighted by atomic mass is 9.72. The van der Waals surface area contributed by atoms with E-state index in [4.69, 9.17) is 5.73 Å². The molecule has 3 aromatic carbocycles. The first-order valence-electron chi connectivity index (χ1n) is 9.60. The molecule has 0 radical (unpaired) electrons. The van der Waals surface area contributed by atoms with Crippen LogP contribution in [0, 0.1) is 5.92 Å². The van der Waals surface area contributed by atoms with Crippen molar-refractivity contribution >= 4 is 12.4 Å². The maximum absolute atomic E-state index is 7.16. The van der Waals surface area contributed by atoms with E-state index in [0.29, 0.717) is 5.92 Å². The molecule has 0 amide bonds. The first-order chi connectivity index (χ1) is 12.7. The summed E-state index contributed by atoms with van der Waals surface area (Å²) in [6.45, 7) is 2.27. The van der Waals surface area contributed by atoms with E-state index < -0.39 is 0 Å². The summed E-state index contributed by atoms with van der Waals surface area (Å²) in [5, 5.41) is 0. The van der Waals surface area contributed by atoms with Gasteiger partial charge >= 0.3 is 0 Å². The van der Waals surface area contributed by atoms with E-state index in [9.17, 15) is 0 Å². The van der Waals surface area contributed by atoms with Crippen LogP contribution in [0.4, 0.5) is 0 Å². The molecule has 0 aliphatic heterocycles. The lowest BCUT2D eigenvalue weighted by Gasteiger charge is -2.38. The third-order valence-electron chi connectivity index (χ3n) is 5.38. The second-order valence-electron chi connectivity index (χ2n) is 7.35. The first kappa shape index (κ1) is 21.2. The molecule has 27 heavy (non-hydrogen) atoms. The Hall–Kier alpha value is -2.09. The van der Waals surface area contributed by atoms with Gasteiger partial charge in [0.25, 0.3) is 0 Å². The van der Waals surface area contributed by atoms with E-state index in [-0.39, 0.29) is 17.9 Å². The number of hydrogen-bond acceptors (Lipinski definition) is 1. The summed E-state index contributed by atoms with van der Waals surface area (Å²) in [6.07, 6.45) is 3.89. The Balaban J connectivity index is 0.00000261. The smallest absolute Gasteiger partial charge is 0.0267 e. The summed E-state index contributed by atoms with van der Waals surface area (Å²) in [5.41, 5.74) is 10.9. The predicted octanol–water partition coefficient (Wildman–Crippen LogP) is 5.86. The van der Waals surface area contributed by atoms with E-state index in [1.165, 1.54) is 16.7 Å². The molecule has 0 aromatic heterocycles. The number of halogens is 1. The molecule has 1 unspecified atom stereocenters. The van der Waals surface area contributed by atoms with Gasteiger partial charge in [-0.1, -0.05) is 104 Å². The summed E-state index contributed by atoms with van der Waals surface area (Å²) < 4.78 is 0. The van der Waals surface area contributed by atoms with Crippen molar-refractivity contribution in [3.63, 3.8) is 0 Å². The summed E-state index contributed by atoms with van der Waals surface area (Å²) in [4.78, 5) is 0. The van der Waals surface area contributed by atoms with Crippen LogP contribution in [0.25, 0.3) is 0 Å². The number of rotatable bonds is 8. The minimum Gasteiger partial charge on any atom is -0.324 e. The molecule has 0 aliphatic rings. The molecule has 0 saturated carbocycles. The molecule has 0 fully saturated rings. The van der Waals surface area contributed by atoms with Gasteiger partial charge in [-0.05, 0) is 41.9 Å². The van der Waals surface area contributed by atoms with E-state index in [1.807, 2.05) is 0 Å². The zero-order valence-corrected chi connectivity index (χ0v) is 16.9. The Bertz CT molecular complexity index is 730. The van der Waals surface area contributed by atoms with E-state index >= 15 is 0 Å². The van der Waals surface area contributed by atoms with Crippen molar-refractivity contribution < 1.29 is 0 Å². The first-order valence-corrected chi connectivity index (χ1v) is 9.60. The SMILES string of the molecule is CCC(Cc1ccccc1)C(N)(Cc1ccccc1)Cc1ccccc1.Cl. The van der Waals surface area contributed by atoms with Gasteiger partial charge in [-0.3, -0.25) is 0 Å². The topological polar surface area (TPSA) is 26.0 Å². The summed E-state index contributed by atoms with van der Waals surface area (Å²) >= 11 is 0. The third-order valence-corrected chi connectivity index (χ3v) is 5.38. The minimum absolute atomic E-state index is 0. The summed E-state index contributed by atoms with van der Waals surface area (Å²) in [6, 6.07) is 32.1. The van der Waals surface area contributed by atoms with Gasteiger partial charge in [0.2, 0.25) is 0 Å². The molecule has 0 saturated heterocycles. The Morgan fingerprint density at radius 2 is 1.04 bits per heavy atom. The molecular formula is C25H30ClN. The van der Waals surface area contributed by atoms with Crippen LogP contribution in [0.2, 0.25) is 0 Å². The molecule has 1 atom stereocenters. The van der Waals surface area contributed by atoms with Crippen molar-refractivity contribution in [2.45, 2.75) is 38.1 Å². The van der Waals surface area contributed by atoms with Crippen LogP contribution in [0.15, 0.2) is 91.0 Å². The van der Waals surface area contributed by atoms with Crippen molar-refractivity contribution in [2.24, 2.45) is 11.7 Å². The van der Waals surface area contributed by atoms with Crippen LogP contribution in [0.1, 0.15) is 30.0 Å². The lowest BCUT2D eigenvalue weighted by molar-refractivity contribution is 0.254. The maximum Gasteiger partial charge on any atom is 0.0267 e. The van der Waals surface area contributed by atoms with Crippen LogP contribution >= 0.6 is 12.4 Å².